The van der Waals surface area contributed by atoms with Gasteiger partial charge in [0.2, 0.25) is 0 Å². The Hall–Kier alpha value is -5.66. The lowest BCUT2D eigenvalue weighted by atomic mass is 9.80. The number of hydrogen-bond donors (Lipinski definition) is 2. The summed E-state index contributed by atoms with van der Waals surface area (Å²) in [7, 11) is 2.69. The lowest BCUT2D eigenvalue weighted by Crippen LogP contribution is -2.54. The summed E-state index contributed by atoms with van der Waals surface area (Å²) in [6.45, 7) is 12.8. The van der Waals surface area contributed by atoms with E-state index < -0.39 is 48.0 Å². The van der Waals surface area contributed by atoms with E-state index in [9.17, 15) is 35.9 Å². The number of nitrogens with zero attached hydrogens (tertiary/aromatic N) is 12. The number of anilines is 2. The van der Waals surface area contributed by atoms with Crippen LogP contribution in [-0.4, -0.2) is 154 Å². The number of nitrogens with one attached hydrogen (secondary N) is 2. The Labute approximate surface area is 477 Å². The minimum atomic E-state index is -4.69. The highest BCUT2D eigenvalue weighted by Crippen LogP contribution is 2.41. The molecule has 0 saturated carbocycles. The molecule has 4 aromatic heterocycles. The van der Waals surface area contributed by atoms with Crippen molar-refractivity contribution in [1.82, 2.24) is 59.9 Å². The van der Waals surface area contributed by atoms with Crippen LogP contribution in [0, 0.1) is 23.7 Å². The third-order valence-corrected chi connectivity index (χ3v) is 16.7. The molecule has 80 heavy (non-hydrogen) atoms. The van der Waals surface area contributed by atoms with Gasteiger partial charge in [0.25, 0.3) is 0 Å². The number of alkyl carbamates (subject to hydrolysis) is 2. The van der Waals surface area contributed by atoms with Crippen LogP contribution in [0.25, 0.3) is 22.3 Å². The topological polar surface area (TPSA) is 177 Å². The van der Waals surface area contributed by atoms with Gasteiger partial charge >= 0.3 is 24.5 Å². The van der Waals surface area contributed by atoms with Crippen molar-refractivity contribution < 1.29 is 45.4 Å². The predicted octanol–water partition coefficient (Wildman–Crippen LogP) is 10.5. The van der Waals surface area contributed by atoms with Gasteiger partial charge in [-0.05, 0) is 112 Å². The van der Waals surface area contributed by atoms with Crippen LogP contribution in [-0.2, 0) is 21.8 Å². The van der Waals surface area contributed by atoms with Crippen molar-refractivity contribution in [3.8, 4) is 0 Å². The number of halogens is 10. The van der Waals surface area contributed by atoms with Crippen LogP contribution in [0.1, 0.15) is 74.1 Å². The maximum atomic E-state index is 13.9. The van der Waals surface area contributed by atoms with Crippen LogP contribution in [0.4, 0.5) is 47.6 Å². The van der Waals surface area contributed by atoms with Crippen LogP contribution in [0.5, 0.6) is 0 Å². The number of fused-ring (bicyclic) bond motifs is 2. The van der Waals surface area contributed by atoms with Crippen molar-refractivity contribution in [3.05, 3.63) is 91.4 Å². The number of piperidine rings is 2. The van der Waals surface area contributed by atoms with E-state index >= 15 is 0 Å². The Kier molecular flexibility index (Phi) is 18.3. The zero-order chi connectivity index (χ0) is 57.2. The molecule has 8 heterocycles. The molecule has 4 saturated heterocycles. The van der Waals surface area contributed by atoms with Gasteiger partial charge in [-0.2, -0.15) is 36.5 Å². The van der Waals surface area contributed by atoms with E-state index in [1.54, 1.807) is 50.2 Å². The van der Waals surface area contributed by atoms with Crippen molar-refractivity contribution in [2.24, 2.45) is 23.7 Å². The summed E-state index contributed by atoms with van der Waals surface area (Å²) in [6, 6.07) is 8.43. The molecule has 0 unspecified atom stereocenters. The van der Waals surface area contributed by atoms with Gasteiger partial charge in [0.1, 0.15) is 22.7 Å². The van der Waals surface area contributed by atoms with Crippen molar-refractivity contribution in [3.63, 3.8) is 0 Å². The molecule has 4 atom stereocenters. The number of benzene rings is 2. The Morgan fingerprint density at radius 1 is 0.613 bits per heavy atom. The first kappa shape index (κ1) is 59.0. The Morgan fingerprint density at radius 3 is 1.35 bits per heavy atom. The lowest BCUT2D eigenvalue weighted by Gasteiger charge is -2.47. The Balaban J connectivity index is 0.000000194. The summed E-state index contributed by atoms with van der Waals surface area (Å²) in [4.78, 5) is 49.0. The first-order valence-corrected chi connectivity index (χ1v) is 27.7. The van der Waals surface area contributed by atoms with Gasteiger partial charge in [-0.3, -0.25) is 0 Å². The molecule has 432 valence electrons. The maximum absolute atomic E-state index is 13.9. The largest absolute Gasteiger partial charge is 0.453 e. The van der Waals surface area contributed by atoms with Crippen LogP contribution < -0.4 is 20.4 Å². The number of methoxy groups -OCH3 is 2. The molecule has 2 N–H and O–H groups in total. The summed E-state index contributed by atoms with van der Waals surface area (Å²) in [5.41, 5.74) is -1.51. The summed E-state index contributed by atoms with van der Waals surface area (Å²) in [5.74, 6) is 2.90. The molecular formula is C52H60Cl4F6N14O4. The molecule has 2 amide bonds. The van der Waals surface area contributed by atoms with E-state index in [0.29, 0.717) is 79.6 Å². The number of carbonyl (C=O) groups is 2. The molecule has 0 bridgehead atoms. The highest BCUT2D eigenvalue weighted by Gasteiger charge is 2.43. The molecule has 4 aliphatic rings. The van der Waals surface area contributed by atoms with Gasteiger partial charge in [-0.1, -0.05) is 58.5 Å². The molecule has 0 spiro atoms. The quantitative estimate of drug-likeness (QED) is 0.0985. The van der Waals surface area contributed by atoms with Crippen LogP contribution >= 0.6 is 46.4 Å². The summed E-state index contributed by atoms with van der Waals surface area (Å²) in [5, 5.41) is 14.7. The first-order chi connectivity index (χ1) is 38.1. The standard InChI is InChI=1S/2C26H30Cl2F3N7O2/c2*1-15(19-6-5-18(27)10-20(19)28)38-24-22(23(35-38)26(29,30)31)33-11-21(34-24)37-13-17(14-37)16-4-3-8-36(12-16)9-7-32-25(39)40-2/h2*5-6,10-11,15-17H,3-4,7-9,12-14H2,1-2H3,(H,32,39)/t15-,16+;15-,16-/m11/s1. The monoisotopic (exact) mass is 1200 g/mol. The Bertz CT molecular complexity index is 2970. The third kappa shape index (κ3) is 13.3. The second kappa shape index (κ2) is 24.8. The van der Waals surface area contributed by atoms with Crippen LogP contribution in [0.2, 0.25) is 20.1 Å². The number of hydrogen-bond acceptors (Lipinski definition) is 14. The molecule has 4 aliphatic heterocycles. The van der Waals surface area contributed by atoms with E-state index in [1.165, 1.54) is 36.0 Å². The smallest absolute Gasteiger partial charge is 0.437 e. The molecule has 6 aromatic rings. The average Bonchev–Trinajstić information content (AvgIpc) is 4.10. The molecular weight excluding hydrogens is 1140 g/mol. The normalized spacial score (nSPS) is 19.5. The van der Waals surface area contributed by atoms with E-state index in [-0.39, 0.29) is 22.3 Å². The summed E-state index contributed by atoms with van der Waals surface area (Å²) >= 11 is 24.8. The molecule has 28 heteroatoms. The number of likely N-dealkylation sites (tertiary alicyclic amines) is 2. The number of aromatic nitrogens is 8. The fourth-order valence-electron chi connectivity index (χ4n) is 11.1. The van der Waals surface area contributed by atoms with Crippen LogP contribution in [0.3, 0.4) is 0 Å². The molecule has 18 nitrogen and oxygen atoms in total. The molecule has 0 aliphatic carbocycles. The lowest BCUT2D eigenvalue weighted by molar-refractivity contribution is -0.141. The number of carbonyl (C=O) groups excluding carboxylic acids is 2. The van der Waals surface area contributed by atoms with Crippen LogP contribution in [0.15, 0.2) is 48.8 Å². The van der Waals surface area contributed by atoms with E-state index in [4.69, 9.17) is 46.4 Å². The zero-order valence-corrected chi connectivity index (χ0v) is 47.2. The molecule has 2 aromatic carbocycles. The van der Waals surface area contributed by atoms with Gasteiger partial charge in [-0.15, -0.1) is 0 Å². The van der Waals surface area contributed by atoms with E-state index in [0.717, 1.165) is 91.1 Å². The zero-order valence-electron chi connectivity index (χ0n) is 44.2. The van der Waals surface area contributed by atoms with Gasteiger partial charge < -0.3 is 39.7 Å². The van der Waals surface area contributed by atoms with Crippen molar-refractivity contribution in [2.45, 2.75) is 64.0 Å². The molecule has 0 radical (unpaired) electrons. The predicted molar refractivity (Wildman–Crippen MR) is 292 cm³/mol. The van der Waals surface area contributed by atoms with E-state index in [2.05, 4.69) is 60.0 Å². The van der Waals surface area contributed by atoms with Gasteiger partial charge in [0.15, 0.2) is 22.7 Å². The fourth-order valence-corrected chi connectivity index (χ4v) is 12.2. The van der Waals surface area contributed by atoms with Crippen molar-refractivity contribution >= 4 is 92.6 Å². The SMILES string of the molecule is COC(=O)NCCN1CCC[C@@H](C2CN(c3cnc4c(C(F)(F)F)nn([C@H](C)c5ccc(Cl)cc5Cl)c4n3)C2)C1.COC(=O)NCCN1CCC[C@H](C2CN(c3cnc4c(C(F)(F)F)nn([C@H](C)c5ccc(Cl)cc5Cl)c4n3)C2)C1. The highest BCUT2D eigenvalue weighted by atomic mass is 35.5. The third-order valence-electron chi connectivity index (χ3n) is 15.5. The van der Waals surface area contributed by atoms with Gasteiger partial charge in [0, 0.05) is 85.5 Å². The number of amides is 2. The van der Waals surface area contributed by atoms with Crippen molar-refractivity contribution in [1.29, 1.82) is 0 Å². The van der Waals surface area contributed by atoms with E-state index in [1.807, 2.05) is 9.80 Å². The number of rotatable bonds is 14. The average molecular weight is 1200 g/mol. The molecule has 4 fully saturated rings. The number of alkyl halides is 6. The number of ether oxygens (including phenoxy) is 2. The van der Waals surface area contributed by atoms with Gasteiger partial charge in [0.05, 0.1) is 38.7 Å². The minimum absolute atomic E-state index is 0.0498. The minimum Gasteiger partial charge on any atom is -0.453 e. The first-order valence-electron chi connectivity index (χ1n) is 26.2. The second-order valence-electron chi connectivity index (χ2n) is 20.6. The second-order valence-corrected chi connectivity index (χ2v) is 22.3. The maximum Gasteiger partial charge on any atom is 0.437 e. The summed E-state index contributed by atoms with van der Waals surface area (Å²) in [6.07, 6.45) is -3.07. The Morgan fingerprint density at radius 2 is 1.00 bits per heavy atom. The van der Waals surface area contributed by atoms with Gasteiger partial charge in [-0.25, -0.2) is 38.9 Å². The highest BCUT2D eigenvalue weighted by molar-refractivity contribution is 6.35. The fraction of sp³-hybridized carbons (Fsp3) is 0.538. The summed E-state index contributed by atoms with van der Waals surface area (Å²) < 4.78 is 94.9. The molecule has 10 rings (SSSR count). The van der Waals surface area contributed by atoms with Crippen molar-refractivity contribution in [2.75, 3.05) is 103 Å².